The number of aryl methyl sites for hydroxylation is 1. The van der Waals surface area contributed by atoms with Gasteiger partial charge in [-0.2, -0.15) is 0 Å². The van der Waals surface area contributed by atoms with Crippen molar-refractivity contribution in [3.05, 3.63) is 28.8 Å². The molecule has 1 unspecified atom stereocenters. The number of sulfonamides is 1. The molecule has 0 radical (unpaired) electrons. The molecule has 0 aliphatic heterocycles. The third kappa shape index (κ3) is 4.17. The zero-order chi connectivity index (χ0) is 14.6. The Bertz CT molecular complexity index is 572. The molecule has 0 amide bonds. The molecule has 0 fully saturated rings. The van der Waals surface area contributed by atoms with E-state index in [1.807, 2.05) is 0 Å². The summed E-state index contributed by atoms with van der Waals surface area (Å²) in [5.74, 6) is -0.919. The molecule has 0 heterocycles. The molecule has 2 N–H and O–H groups in total. The average Bonchev–Trinajstić information content (AvgIpc) is 2.34. The van der Waals surface area contributed by atoms with Gasteiger partial charge in [-0.25, -0.2) is 17.9 Å². The highest BCUT2D eigenvalue weighted by Crippen LogP contribution is 2.22. The Morgan fingerprint density at radius 1 is 1.53 bits per heavy atom. The second-order valence-electron chi connectivity index (χ2n) is 3.82. The first kappa shape index (κ1) is 15.9. The second-order valence-corrected chi connectivity index (χ2v) is 5.97. The topological polar surface area (TPSA) is 92.7 Å². The summed E-state index contributed by atoms with van der Waals surface area (Å²) in [5, 5.41) is 9.38. The lowest BCUT2D eigenvalue weighted by atomic mass is 10.2. The molecule has 0 bridgehead atoms. The maximum Gasteiger partial charge on any atom is 0.336 e. The SMILES string of the molecule is COC(=O)C(O)CNS(=O)(=O)c1ccc(C)cc1Cl. The van der Waals surface area contributed by atoms with Gasteiger partial charge in [-0.05, 0) is 24.6 Å². The van der Waals surface area contributed by atoms with Gasteiger partial charge >= 0.3 is 5.97 Å². The van der Waals surface area contributed by atoms with Crippen LogP contribution in [-0.4, -0.2) is 39.3 Å². The highest BCUT2D eigenvalue weighted by Gasteiger charge is 2.22. The fourth-order valence-corrected chi connectivity index (χ4v) is 2.95. The highest BCUT2D eigenvalue weighted by molar-refractivity contribution is 7.89. The van der Waals surface area contributed by atoms with Crippen LogP contribution in [0.1, 0.15) is 5.56 Å². The Morgan fingerprint density at radius 3 is 2.68 bits per heavy atom. The van der Waals surface area contributed by atoms with Gasteiger partial charge in [0.05, 0.1) is 12.1 Å². The monoisotopic (exact) mass is 307 g/mol. The maximum absolute atomic E-state index is 11.9. The van der Waals surface area contributed by atoms with E-state index in [9.17, 15) is 18.3 Å². The fraction of sp³-hybridized carbons (Fsp3) is 0.364. The standard InChI is InChI=1S/C11H14ClNO5S/c1-7-3-4-10(8(12)5-7)19(16,17)13-6-9(14)11(15)18-2/h3-5,9,13-14H,6H2,1-2H3. The van der Waals surface area contributed by atoms with Crippen molar-refractivity contribution in [2.45, 2.75) is 17.9 Å². The quantitative estimate of drug-likeness (QED) is 0.771. The Kier molecular flexibility index (Phi) is 5.30. The van der Waals surface area contributed by atoms with Crippen LogP contribution in [0.15, 0.2) is 23.1 Å². The predicted octanol–water partition coefficient (Wildman–Crippen LogP) is 0.461. The lowest BCUT2D eigenvalue weighted by Crippen LogP contribution is -2.37. The minimum Gasteiger partial charge on any atom is -0.467 e. The van der Waals surface area contributed by atoms with E-state index in [0.29, 0.717) is 0 Å². The average molecular weight is 308 g/mol. The normalized spacial score (nSPS) is 13.1. The highest BCUT2D eigenvalue weighted by atomic mass is 35.5. The van der Waals surface area contributed by atoms with Crippen LogP contribution in [0.4, 0.5) is 0 Å². The summed E-state index contributed by atoms with van der Waals surface area (Å²) in [7, 11) is -2.80. The lowest BCUT2D eigenvalue weighted by molar-refractivity contribution is -0.149. The number of halogens is 1. The van der Waals surface area contributed by atoms with Gasteiger partial charge in [0.1, 0.15) is 4.90 Å². The third-order valence-corrected chi connectivity index (χ3v) is 4.22. The number of esters is 1. The molecule has 0 spiro atoms. The first-order valence-corrected chi connectivity index (χ1v) is 7.15. The first-order chi connectivity index (χ1) is 8.77. The Morgan fingerprint density at radius 2 is 2.16 bits per heavy atom. The molecule has 106 valence electrons. The van der Waals surface area contributed by atoms with Crippen LogP contribution >= 0.6 is 11.6 Å². The van der Waals surface area contributed by atoms with E-state index >= 15 is 0 Å². The van der Waals surface area contributed by atoms with Crippen molar-refractivity contribution in [2.75, 3.05) is 13.7 Å². The zero-order valence-corrected chi connectivity index (χ0v) is 12.0. The van der Waals surface area contributed by atoms with Crippen LogP contribution in [0.25, 0.3) is 0 Å². The summed E-state index contributed by atoms with van der Waals surface area (Å²) in [4.78, 5) is 10.8. The summed E-state index contributed by atoms with van der Waals surface area (Å²) in [6.07, 6.45) is -1.57. The van der Waals surface area contributed by atoms with Gasteiger partial charge in [-0.3, -0.25) is 0 Å². The number of carbonyl (C=O) groups is 1. The predicted molar refractivity (Wildman–Crippen MR) is 69.4 cm³/mol. The van der Waals surface area contributed by atoms with E-state index in [0.717, 1.165) is 12.7 Å². The van der Waals surface area contributed by atoms with Crippen LogP contribution in [0.3, 0.4) is 0 Å². The van der Waals surface area contributed by atoms with Gasteiger partial charge in [0.2, 0.25) is 10.0 Å². The second kappa shape index (κ2) is 6.33. The number of carbonyl (C=O) groups excluding carboxylic acids is 1. The van der Waals surface area contributed by atoms with Crippen LogP contribution in [0.5, 0.6) is 0 Å². The van der Waals surface area contributed by atoms with Crippen LogP contribution in [-0.2, 0) is 19.6 Å². The van der Waals surface area contributed by atoms with E-state index in [1.165, 1.54) is 12.1 Å². The molecule has 1 rings (SSSR count). The molecule has 0 saturated carbocycles. The maximum atomic E-state index is 11.9. The molecule has 0 aromatic heterocycles. The molecule has 8 heteroatoms. The number of nitrogens with one attached hydrogen (secondary N) is 1. The van der Waals surface area contributed by atoms with Crippen LogP contribution in [0.2, 0.25) is 5.02 Å². The first-order valence-electron chi connectivity index (χ1n) is 5.29. The molecular formula is C11H14ClNO5S. The molecular weight excluding hydrogens is 294 g/mol. The van der Waals surface area contributed by atoms with E-state index in [2.05, 4.69) is 9.46 Å². The number of rotatable bonds is 5. The summed E-state index contributed by atoms with van der Waals surface area (Å²) >= 11 is 5.85. The van der Waals surface area contributed by atoms with Crippen molar-refractivity contribution in [1.29, 1.82) is 0 Å². The molecule has 19 heavy (non-hydrogen) atoms. The molecule has 6 nitrogen and oxygen atoms in total. The minimum atomic E-state index is -3.89. The summed E-state index contributed by atoms with van der Waals surface area (Å²) in [5.41, 5.74) is 0.818. The summed E-state index contributed by atoms with van der Waals surface area (Å²) in [6, 6.07) is 4.45. The Hall–Kier alpha value is -1.15. The van der Waals surface area contributed by atoms with Gasteiger partial charge in [-0.15, -0.1) is 0 Å². The third-order valence-electron chi connectivity index (χ3n) is 2.32. The van der Waals surface area contributed by atoms with Crippen molar-refractivity contribution in [3.63, 3.8) is 0 Å². The van der Waals surface area contributed by atoms with Gasteiger partial charge in [0.15, 0.2) is 6.10 Å². The largest absolute Gasteiger partial charge is 0.467 e. The number of benzene rings is 1. The molecule has 0 aliphatic rings. The smallest absolute Gasteiger partial charge is 0.336 e. The number of hydrogen-bond donors (Lipinski definition) is 2. The lowest BCUT2D eigenvalue weighted by Gasteiger charge is -2.11. The van der Waals surface area contributed by atoms with E-state index < -0.39 is 28.6 Å². The zero-order valence-electron chi connectivity index (χ0n) is 10.4. The van der Waals surface area contributed by atoms with Gasteiger partial charge in [0.25, 0.3) is 0 Å². The van der Waals surface area contributed by atoms with Crippen LogP contribution in [0, 0.1) is 6.92 Å². The van der Waals surface area contributed by atoms with Gasteiger partial charge in [0, 0.05) is 6.54 Å². The number of ether oxygens (including phenoxy) is 1. The minimum absolute atomic E-state index is 0.0695. The van der Waals surface area contributed by atoms with Crippen molar-refractivity contribution in [2.24, 2.45) is 0 Å². The van der Waals surface area contributed by atoms with E-state index in [4.69, 9.17) is 11.6 Å². The summed E-state index contributed by atoms with van der Waals surface area (Å²) < 4.78 is 30.2. The Balaban J connectivity index is 2.85. The molecule has 0 aliphatic carbocycles. The van der Waals surface area contributed by atoms with Crippen LogP contribution < -0.4 is 4.72 Å². The van der Waals surface area contributed by atoms with E-state index in [1.54, 1.807) is 13.0 Å². The summed E-state index contributed by atoms with van der Waals surface area (Å²) in [6.45, 7) is 1.29. The number of aliphatic hydroxyl groups excluding tert-OH is 1. The number of hydrogen-bond acceptors (Lipinski definition) is 5. The van der Waals surface area contributed by atoms with E-state index in [-0.39, 0.29) is 9.92 Å². The number of aliphatic hydroxyl groups is 1. The fourth-order valence-electron chi connectivity index (χ4n) is 1.31. The number of methoxy groups -OCH3 is 1. The van der Waals surface area contributed by atoms with Crippen molar-refractivity contribution >= 4 is 27.6 Å². The Labute approximate surface area is 116 Å². The van der Waals surface area contributed by atoms with Gasteiger partial charge in [-0.1, -0.05) is 17.7 Å². The molecule has 1 aromatic carbocycles. The van der Waals surface area contributed by atoms with Crippen molar-refractivity contribution in [3.8, 4) is 0 Å². The van der Waals surface area contributed by atoms with Gasteiger partial charge < -0.3 is 9.84 Å². The van der Waals surface area contributed by atoms with Crippen molar-refractivity contribution in [1.82, 2.24) is 4.72 Å². The van der Waals surface area contributed by atoms with Crippen molar-refractivity contribution < 1.29 is 23.1 Å². The molecule has 0 saturated heterocycles. The molecule has 1 aromatic rings. The molecule has 1 atom stereocenters.